The van der Waals surface area contributed by atoms with Crippen LogP contribution in [-0.4, -0.2) is 136 Å². The molecule has 28 heteroatoms. The molecule has 464 valence electrons. The SMILES string of the molecule is O=S(=O)(Cc1ccccc1)Cc1c(F)cc(-c2cc3cnc(N[C@@H]4CNC[C@@H](F)C4)nc3nc2OC2CCOC2)c(F)c1F.O=S(=O)(Cc1ccccc1)Cc1c(F)cc(-c2cc3cnc(N[C@@H]4CNC[C@@H](F)C4)nc3nc2OC2CCOC2)c(F)c1F. The lowest BCUT2D eigenvalue weighted by Crippen LogP contribution is -2.44. The molecule has 88 heavy (non-hydrogen) atoms. The van der Waals surface area contributed by atoms with E-state index in [4.69, 9.17) is 18.9 Å². The molecule has 8 aromatic rings. The van der Waals surface area contributed by atoms with E-state index in [9.17, 15) is 25.6 Å². The molecule has 6 atom stereocenters. The van der Waals surface area contributed by atoms with E-state index in [1.807, 2.05) is 0 Å². The number of piperidine rings is 2. The van der Waals surface area contributed by atoms with Crippen LogP contribution in [0.25, 0.3) is 44.3 Å². The van der Waals surface area contributed by atoms with E-state index in [0.717, 1.165) is 12.1 Å². The monoisotopic (exact) mass is 1260 g/mol. The summed E-state index contributed by atoms with van der Waals surface area (Å²) < 4.78 is 194. The predicted molar refractivity (Wildman–Crippen MR) is 310 cm³/mol. The van der Waals surface area contributed by atoms with Crippen molar-refractivity contribution in [1.29, 1.82) is 0 Å². The summed E-state index contributed by atoms with van der Waals surface area (Å²) in [6.45, 7) is 2.91. The fraction of sp³-hybridized carbons (Fsp3) is 0.367. The number of hydrogen-bond donors (Lipinski definition) is 4. The normalized spacial score (nSPS) is 20.6. The second-order valence-electron chi connectivity index (χ2n) is 21.8. The number of nitrogens with zero attached hydrogens (tertiary/aromatic N) is 6. The van der Waals surface area contributed by atoms with E-state index in [2.05, 4.69) is 51.2 Å². The van der Waals surface area contributed by atoms with Gasteiger partial charge >= 0.3 is 0 Å². The number of pyridine rings is 2. The van der Waals surface area contributed by atoms with Gasteiger partial charge in [-0.3, -0.25) is 0 Å². The van der Waals surface area contributed by atoms with Crippen molar-refractivity contribution in [2.24, 2.45) is 0 Å². The van der Waals surface area contributed by atoms with Crippen LogP contribution in [0, 0.1) is 34.9 Å². The van der Waals surface area contributed by atoms with Gasteiger partial charge in [-0.05, 0) is 35.4 Å². The second-order valence-corrected chi connectivity index (χ2v) is 26.0. The topological polar surface area (TPSA) is 231 Å². The number of rotatable bonds is 18. The Bertz CT molecular complexity index is 3810. The first-order chi connectivity index (χ1) is 42.3. The molecule has 4 saturated heterocycles. The van der Waals surface area contributed by atoms with Crippen LogP contribution >= 0.6 is 0 Å². The molecule has 4 aliphatic rings. The van der Waals surface area contributed by atoms with Gasteiger partial charge in [0.25, 0.3) is 0 Å². The number of aromatic nitrogens is 6. The highest BCUT2D eigenvalue weighted by atomic mass is 32.2. The second kappa shape index (κ2) is 26.9. The minimum Gasteiger partial charge on any atom is -0.471 e. The van der Waals surface area contributed by atoms with Gasteiger partial charge in [0.1, 0.15) is 36.2 Å². The summed E-state index contributed by atoms with van der Waals surface area (Å²) in [7, 11) is -8.08. The summed E-state index contributed by atoms with van der Waals surface area (Å²) in [4.78, 5) is 26.2. The van der Waals surface area contributed by atoms with Crippen LogP contribution in [0.5, 0.6) is 11.8 Å². The number of halogens is 8. The lowest BCUT2D eigenvalue weighted by molar-refractivity contribution is 0.138. The third-order valence-electron chi connectivity index (χ3n) is 14.9. The molecule has 4 aromatic heterocycles. The molecule has 0 aliphatic carbocycles. The third kappa shape index (κ3) is 15.0. The van der Waals surface area contributed by atoms with Crippen molar-refractivity contribution in [2.45, 2.75) is 85.3 Å². The smallest absolute Gasteiger partial charge is 0.224 e. The summed E-state index contributed by atoms with van der Waals surface area (Å²) >= 11 is 0. The lowest BCUT2D eigenvalue weighted by Gasteiger charge is -2.26. The Morgan fingerprint density at radius 1 is 0.511 bits per heavy atom. The molecular formula is C60H58F8N10O8S2. The van der Waals surface area contributed by atoms with Crippen molar-refractivity contribution < 1.29 is 70.9 Å². The summed E-state index contributed by atoms with van der Waals surface area (Å²) in [5, 5.41) is 12.8. The zero-order chi connectivity index (χ0) is 61.7. The van der Waals surface area contributed by atoms with Crippen molar-refractivity contribution in [3.05, 3.63) is 154 Å². The molecule has 4 N–H and O–H groups in total. The number of anilines is 2. The largest absolute Gasteiger partial charge is 0.471 e. The standard InChI is InChI=1S/2C30H29F4N5O4S/c2*31-19-9-20(13-35-12-19)37-30-36-11-18-8-23(29(38-28(18)39-30)43-21-6-7-42-14-21)22-10-25(32)24(27(34)26(22)33)16-44(40,41)15-17-4-2-1-3-5-17/h2*1-5,8,10-11,19-21,35H,6-7,9,12-16H2,(H,36,37,38,39)/t2*19-,20-,21?/m00/s1. The lowest BCUT2D eigenvalue weighted by atomic mass is 10.0. The fourth-order valence-electron chi connectivity index (χ4n) is 10.6. The van der Waals surface area contributed by atoms with E-state index in [1.54, 1.807) is 60.7 Å². The van der Waals surface area contributed by atoms with Gasteiger partial charge in [-0.1, -0.05) is 60.7 Å². The van der Waals surface area contributed by atoms with Crippen molar-refractivity contribution in [2.75, 3.05) is 63.2 Å². The summed E-state index contributed by atoms with van der Waals surface area (Å²) in [6, 6.07) is 20.1. The van der Waals surface area contributed by atoms with Gasteiger partial charge in [-0.2, -0.15) is 19.9 Å². The molecular weight excluding hydrogens is 1200 g/mol. The molecule has 0 amide bonds. The minimum absolute atomic E-state index is 0.0700. The third-order valence-corrected chi connectivity index (χ3v) is 17.9. The van der Waals surface area contributed by atoms with Crippen LogP contribution in [0.15, 0.2) is 97.3 Å². The summed E-state index contributed by atoms with van der Waals surface area (Å²) in [6.07, 6.45) is 1.46. The van der Waals surface area contributed by atoms with Crippen LogP contribution in [0.1, 0.15) is 47.9 Å². The molecule has 4 aliphatic heterocycles. The van der Waals surface area contributed by atoms with Crippen LogP contribution in [0.4, 0.5) is 47.0 Å². The number of sulfone groups is 2. The zero-order valence-electron chi connectivity index (χ0n) is 46.8. The van der Waals surface area contributed by atoms with Crippen LogP contribution in [-0.2, 0) is 52.2 Å². The number of hydrogen-bond acceptors (Lipinski definition) is 18. The summed E-state index contributed by atoms with van der Waals surface area (Å²) in [5.74, 6) is -11.5. The molecule has 0 saturated carbocycles. The minimum atomic E-state index is -4.04. The summed E-state index contributed by atoms with van der Waals surface area (Å²) in [5.41, 5.74) is -1.74. The average Bonchev–Trinajstić information content (AvgIpc) is 0.934. The quantitative estimate of drug-likeness (QED) is 0.0464. The molecule has 2 unspecified atom stereocenters. The van der Waals surface area contributed by atoms with Gasteiger partial charge in [0.05, 0.1) is 49.4 Å². The Labute approximate surface area is 500 Å². The first-order valence-corrected chi connectivity index (χ1v) is 31.8. The maximum Gasteiger partial charge on any atom is 0.224 e. The maximum atomic E-state index is 15.7. The molecule has 12 rings (SSSR count). The highest BCUT2D eigenvalue weighted by Crippen LogP contribution is 2.40. The van der Waals surface area contributed by atoms with Crippen LogP contribution < -0.4 is 30.7 Å². The number of fused-ring (bicyclic) bond motifs is 2. The molecule has 0 spiro atoms. The fourth-order valence-corrected chi connectivity index (χ4v) is 13.6. The number of nitrogens with one attached hydrogen (secondary N) is 4. The van der Waals surface area contributed by atoms with Gasteiger partial charge in [0, 0.05) is 120 Å². The number of alkyl halides is 2. The molecule has 0 bridgehead atoms. The van der Waals surface area contributed by atoms with E-state index in [0.29, 0.717) is 61.0 Å². The van der Waals surface area contributed by atoms with Gasteiger partial charge in [0.2, 0.25) is 23.7 Å². The van der Waals surface area contributed by atoms with E-state index in [1.165, 1.54) is 24.5 Å². The molecule has 8 heterocycles. The maximum absolute atomic E-state index is 15.7. The van der Waals surface area contributed by atoms with E-state index < -0.39 is 124 Å². The highest BCUT2D eigenvalue weighted by molar-refractivity contribution is 7.90. The molecule has 4 aromatic carbocycles. The van der Waals surface area contributed by atoms with Crippen molar-refractivity contribution in [3.63, 3.8) is 0 Å². The number of benzene rings is 4. The van der Waals surface area contributed by atoms with Crippen LogP contribution in [0.3, 0.4) is 0 Å². The van der Waals surface area contributed by atoms with Gasteiger partial charge < -0.3 is 40.2 Å². The predicted octanol–water partition coefficient (Wildman–Crippen LogP) is 9.01. The van der Waals surface area contributed by atoms with E-state index in [-0.39, 0.29) is 97.3 Å². The molecule has 18 nitrogen and oxygen atoms in total. The van der Waals surface area contributed by atoms with Crippen molar-refractivity contribution in [1.82, 2.24) is 40.5 Å². The first-order valence-electron chi connectivity index (χ1n) is 28.2. The van der Waals surface area contributed by atoms with Crippen molar-refractivity contribution in [3.8, 4) is 34.0 Å². The average molecular weight is 1260 g/mol. The van der Waals surface area contributed by atoms with E-state index >= 15 is 26.3 Å². The zero-order valence-corrected chi connectivity index (χ0v) is 48.4. The first kappa shape index (κ1) is 61.9. The van der Waals surface area contributed by atoms with Gasteiger partial charge in [-0.25, -0.2) is 61.9 Å². The van der Waals surface area contributed by atoms with Gasteiger partial charge in [0.15, 0.2) is 54.2 Å². The Hall–Kier alpha value is -7.76. The Morgan fingerprint density at radius 3 is 1.30 bits per heavy atom. The molecule has 4 fully saturated rings. The Morgan fingerprint density at radius 2 is 0.920 bits per heavy atom. The Balaban J connectivity index is 0.000000182. The van der Waals surface area contributed by atoms with Crippen molar-refractivity contribution >= 4 is 53.6 Å². The van der Waals surface area contributed by atoms with Gasteiger partial charge in [-0.15, -0.1) is 0 Å². The Kier molecular flexibility index (Phi) is 18.9. The molecule has 0 radical (unpaired) electrons. The number of ether oxygens (including phenoxy) is 4. The highest BCUT2D eigenvalue weighted by Gasteiger charge is 2.32. The van der Waals surface area contributed by atoms with Crippen LogP contribution in [0.2, 0.25) is 0 Å².